The molecule has 12 heavy (non-hydrogen) atoms. The maximum atomic E-state index is 10.7. The van der Waals surface area contributed by atoms with Crippen LogP contribution in [-0.4, -0.2) is 50.2 Å². The third kappa shape index (κ3) is 1.85. The number of nitrogens with zero attached hydrogens (tertiary/aromatic N) is 2. The Bertz CT molecular complexity index is 188. The highest BCUT2D eigenvalue weighted by atomic mass is 32.2. The van der Waals surface area contributed by atoms with Gasteiger partial charge in [-0.2, -0.15) is 4.31 Å². The second-order valence-corrected chi connectivity index (χ2v) is 4.40. The van der Waals surface area contributed by atoms with Crippen LogP contribution in [0.4, 0.5) is 0 Å². The smallest absolute Gasteiger partial charge is 0.234 e. The molecule has 0 radical (unpaired) electrons. The molecule has 0 aromatic heterocycles. The average molecular weight is 190 g/mol. The molecule has 0 bridgehead atoms. The van der Waals surface area contributed by atoms with Gasteiger partial charge in [0.05, 0.1) is 0 Å². The fourth-order valence-electron chi connectivity index (χ4n) is 1.66. The van der Waals surface area contributed by atoms with Gasteiger partial charge in [0.15, 0.2) is 0 Å². The van der Waals surface area contributed by atoms with E-state index in [-0.39, 0.29) is 0 Å². The lowest BCUT2D eigenvalue weighted by molar-refractivity contribution is 0.179. The van der Waals surface area contributed by atoms with Gasteiger partial charge in [0.1, 0.15) is 0 Å². The molecule has 1 N–H and O–H groups in total. The molecule has 1 saturated heterocycles. The summed E-state index contributed by atoms with van der Waals surface area (Å²) in [6, 6.07) is 0.791. The van der Waals surface area contributed by atoms with Gasteiger partial charge >= 0.3 is 0 Å². The van der Waals surface area contributed by atoms with E-state index >= 15 is 0 Å². The molecule has 0 aromatic carbocycles. The summed E-state index contributed by atoms with van der Waals surface area (Å²) in [4.78, 5) is 2.42. The summed E-state index contributed by atoms with van der Waals surface area (Å²) in [7, 11) is 0. The molecule has 1 saturated carbocycles. The predicted molar refractivity (Wildman–Crippen MR) is 46.9 cm³/mol. The minimum atomic E-state index is -1.75. The van der Waals surface area contributed by atoms with Crippen LogP contribution in [-0.2, 0) is 11.3 Å². The van der Waals surface area contributed by atoms with Crippen LogP contribution in [0.2, 0.25) is 0 Å². The first-order chi connectivity index (χ1) is 5.77. The van der Waals surface area contributed by atoms with Crippen LogP contribution in [0.25, 0.3) is 0 Å². The Morgan fingerprint density at radius 3 is 2.17 bits per heavy atom. The summed E-state index contributed by atoms with van der Waals surface area (Å²) in [5.41, 5.74) is 0. The van der Waals surface area contributed by atoms with Crippen LogP contribution in [0.15, 0.2) is 0 Å². The van der Waals surface area contributed by atoms with E-state index in [1.54, 1.807) is 4.31 Å². The van der Waals surface area contributed by atoms with Crippen molar-refractivity contribution in [2.24, 2.45) is 0 Å². The molecule has 1 heterocycles. The number of piperazine rings is 1. The van der Waals surface area contributed by atoms with Crippen molar-refractivity contribution in [3.8, 4) is 0 Å². The highest BCUT2D eigenvalue weighted by Crippen LogP contribution is 2.27. The first-order valence-electron chi connectivity index (χ1n) is 4.37. The minimum absolute atomic E-state index is 0.736. The zero-order chi connectivity index (χ0) is 8.55. The maximum Gasteiger partial charge on any atom is 0.234 e. The van der Waals surface area contributed by atoms with Gasteiger partial charge in [-0.25, -0.2) is 4.21 Å². The highest BCUT2D eigenvalue weighted by molar-refractivity contribution is 7.76. The molecule has 0 aromatic rings. The monoisotopic (exact) mass is 190 g/mol. The quantitative estimate of drug-likeness (QED) is 0.619. The molecule has 4 nitrogen and oxygen atoms in total. The molecule has 1 unspecified atom stereocenters. The van der Waals surface area contributed by atoms with Crippen molar-refractivity contribution >= 4 is 11.3 Å². The van der Waals surface area contributed by atoms with Crippen LogP contribution in [0, 0.1) is 0 Å². The molecule has 1 aliphatic carbocycles. The largest absolute Gasteiger partial charge is 0.298 e. The van der Waals surface area contributed by atoms with E-state index in [2.05, 4.69) is 4.90 Å². The number of hydrogen-bond donors (Lipinski definition) is 1. The lowest BCUT2D eigenvalue weighted by Gasteiger charge is -2.32. The third-order valence-electron chi connectivity index (χ3n) is 2.56. The molecule has 2 fully saturated rings. The van der Waals surface area contributed by atoms with Crippen molar-refractivity contribution in [3.05, 3.63) is 0 Å². The Kier molecular flexibility index (Phi) is 2.45. The Balaban J connectivity index is 1.80. The Morgan fingerprint density at radius 2 is 1.75 bits per heavy atom. The van der Waals surface area contributed by atoms with Gasteiger partial charge in [0.2, 0.25) is 11.3 Å². The molecular weight excluding hydrogens is 176 g/mol. The summed E-state index contributed by atoms with van der Waals surface area (Å²) in [6.45, 7) is 3.38. The van der Waals surface area contributed by atoms with E-state index < -0.39 is 11.3 Å². The van der Waals surface area contributed by atoms with Crippen LogP contribution in [0.1, 0.15) is 12.8 Å². The molecule has 2 aliphatic rings. The first-order valence-corrected chi connectivity index (χ1v) is 5.44. The van der Waals surface area contributed by atoms with Gasteiger partial charge < -0.3 is 0 Å². The van der Waals surface area contributed by atoms with Gasteiger partial charge in [-0.15, -0.1) is 0 Å². The minimum Gasteiger partial charge on any atom is -0.298 e. The number of hydrogen-bond acceptors (Lipinski definition) is 2. The molecule has 0 amide bonds. The van der Waals surface area contributed by atoms with Crippen molar-refractivity contribution in [2.75, 3.05) is 26.2 Å². The fraction of sp³-hybridized carbons (Fsp3) is 1.00. The van der Waals surface area contributed by atoms with Gasteiger partial charge in [-0.3, -0.25) is 9.45 Å². The SMILES string of the molecule is O=S(O)N1CCN(C2CC2)CC1. The second kappa shape index (κ2) is 3.41. The Morgan fingerprint density at radius 1 is 1.17 bits per heavy atom. The third-order valence-corrected chi connectivity index (χ3v) is 3.36. The molecule has 5 heteroatoms. The molecule has 1 aliphatic heterocycles. The summed E-state index contributed by atoms with van der Waals surface area (Å²) in [6.07, 6.45) is 2.64. The molecular formula is C7H14N2O2S. The number of rotatable bonds is 2. The van der Waals surface area contributed by atoms with Crippen LogP contribution in [0.5, 0.6) is 0 Å². The van der Waals surface area contributed by atoms with E-state index in [1.807, 2.05) is 0 Å². The molecule has 2 rings (SSSR count). The average Bonchev–Trinajstić information content (AvgIpc) is 2.87. The van der Waals surface area contributed by atoms with Gasteiger partial charge in [0, 0.05) is 32.2 Å². The summed E-state index contributed by atoms with van der Waals surface area (Å²) in [5, 5.41) is 0. The molecule has 70 valence electrons. The summed E-state index contributed by atoms with van der Waals surface area (Å²) in [5.74, 6) is 0. The molecule has 1 atom stereocenters. The van der Waals surface area contributed by atoms with Crippen LogP contribution in [0.3, 0.4) is 0 Å². The van der Waals surface area contributed by atoms with Crippen molar-refractivity contribution < 1.29 is 8.76 Å². The van der Waals surface area contributed by atoms with E-state index in [1.165, 1.54) is 12.8 Å². The van der Waals surface area contributed by atoms with E-state index in [0.717, 1.165) is 32.2 Å². The van der Waals surface area contributed by atoms with E-state index in [4.69, 9.17) is 4.55 Å². The lowest BCUT2D eigenvalue weighted by atomic mass is 10.3. The first kappa shape index (κ1) is 8.62. The normalized spacial score (nSPS) is 30.4. The van der Waals surface area contributed by atoms with E-state index in [0.29, 0.717) is 0 Å². The Labute approximate surface area is 74.9 Å². The topological polar surface area (TPSA) is 43.8 Å². The van der Waals surface area contributed by atoms with E-state index in [9.17, 15) is 4.21 Å². The van der Waals surface area contributed by atoms with Crippen LogP contribution < -0.4 is 0 Å². The van der Waals surface area contributed by atoms with Crippen molar-refractivity contribution in [3.63, 3.8) is 0 Å². The Hall–Kier alpha value is 0.0300. The van der Waals surface area contributed by atoms with Gasteiger partial charge in [0.25, 0.3) is 0 Å². The van der Waals surface area contributed by atoms with Crippen molar-refractivity contribution in [2.45, 2.75) is 18.9 Å². The zero-order valence-corrected chi connectivity index (χ0v) is 7.79. The van der Waals surface area contributed by atoms with Crippen molar-refractivity contribution in [1.82, 2.24) is 9.21 Å². The fourth-order valence-corrected chi connectivity index (χ4v) is 2.14. The zero-order valence-electron chi connectivity index (χ0n) is 6.98. The van der Waals surface area contributed by atoms with Gasteiger partial charge in [-0.1, -0.05) is 0 Å². The molecule has 0 spiro atoms. The van der Waals surface area contributed by atoms with Crippen molar-refractivity contribution in [1.29, 1.82) is 0 Å². The van der Waals surface area contributed by atoms with Gasteiger partial charge in [-0.05, 0) is 12.8 Å². The predicted octanol–water partition coefficient (Wildman–Crippen LogP) is -0.0969. The maximum absolute atomic E-state index is 10.7. The van der Waals surface area contributed by atoms with Crippen LogP contribution >= 0.6 is 0 Å². The second-order valence-electron chi connectivity index (χ2n) is 3.43. The summed E-state index contributed by atoms with van der Waals surface area (Å²) < 4.78 is 21.1. The summed E-state index contributed by atoms with van der Waals surface area (Å²) >= 11 is -1.75. The standard InChI is InChI=1S/C7H14N2O2S/c10-12(11)9-5-3-8(4-6-9)7-1-2-7/h7H,1-6H2,(H,10,11). The lowest BCUT2D eigenvalue weighted by Crippen LogP contribution is -2.47. The highest BCUT2D eigenvalue weighted by Gasteiger charge is 2.31.